The number of hydrogen-bond donors (Lipinski definition) is 4. The number of hydrogen-bond acceptors (Lipinski definition) is 5. The van der Waals surface area contributed by atoms with Crippen molar-refractivity contribution < 1.29 is 0 Å². The molecule has 2 aromatic heterocycles. The number of H-pyrrole nitrogens is 1. The largest absolute Gasteiger partial charge is 0.382 e. The SMILES string of the molecule is CCC.CCC(c1c(NCc2ccc3ccccc3c2)[nH]c2c(N)ncnc12)C(C)C.CN. The van der Waals surface area contributed by atoms with E-state index in [4.69, 9.17) is 5.73 Å². The fraction of sp³-hybridized carbons (Fsp3) is 0.407. The monoisotopic (exact) mass is 448 g/mol. The second-order valence-corrected chi connectivity index (χ2v) is 8.40. The van der Waals surface area contributed by atoms with Gasteiger partial charge < -0.3 is 21.8 Å². The third kappa shape index (κ3) is 6.23. The first-order valence-electron chi connectivity index (χ1n) is 11.9. The molecule has 4 aromatic rings. The van der Waals surface area contributed by atoms with Gasteiger partial charge in [0.2, 0.25) is 0 Å². The van der Waals surface area contributed by atoms with Crippen LogP contribution >= 0.6 is 0 Å². The third-order valence-corrected chi connectivity index (χ3v) is 5.55. The zero-order chi connectivity index (χ0) is 24.4. The average molecular weight is 449 g/mol. The fourth-order valence-corrected chi connectivity index (χ4v) is 4.09. The maximum Gasteiger partial charge on any atom is 0.151 e. The molecule has 178 valence electrons. The smallest absolute Gasteiger partial charge is 0.151 e. The molecule has 2 heterocycles. The van der Waals surface area contributed by atoms with Gasteiger partial charge in [-0.1, -0.05) is 77.4 Å². The Kier molecular flexibility index (Phi) is 10.1. The molecule has 6 heteroatoms. The molecule has 33 heavy (non-hydrogen) atoms. The minimum Gasteiger partial charge on any atom is -0.382 e. The summed E-state index contributed by atoms with van der Waals surface area (Å²) in [6.07, 6.45) is 3.84. The lowest BCUT2D eigenvalue weighted by Crippen LogP contribution is -2.09. The molecule has 0 aliphatic rings. The first-order chi connectivity index (χ1) is 16.0. The zero-order valence-electron chi connectivity index (χ0n) is 20.9. The summed E-state index contributed by atoms with van der Waals surface area (Å²) in [5.74, 6) is 2.38. The van der Waals surface area contributed by atoms with E-state index < -0.39 is 0 Å². The van der Waals surface area contributed by atoms with E-state index in [9.17, 15) is 0 Å². The van der Waals surface area contributed by atoms with Gasteiger partial charge in [0.05, 0.1) is 5.52 Å². The summed E-state index contributed by atoms with van der Waals surface area (Å²) in [7, 11) is 1.50. The van der Waals surface area contributed by atoms with Gasteiger partial charge in [-0.3, -0.25) is 0 Å². The van der Waals surface area contributed by atoms with E-state index in [1.807, 2.05) is 0 Å². The van der Waals surface area contributed by atoms with Crippen LogP contribution in [0.2, 0.25) is 0 Å². The number of nitrogen functional groups attached to an aromatic ring is 1. The molecule has 2 aromatic carbocycles. The first-order valence-corrected chi connectivity index (χ1v) is 11.9. The molecular formula is C27H40N6. The van der Waals surface area contributed by atoms with Crippen molar-refractivity contribution >= 4 is 33.4 Å². The highest BCUT2D eigenvalue weighted by Crippen LogP contribution is 2.38. The van der Waals surface area contributed by atoms with Gasteiger partial charge in [0, 0.05) is 12.1 Å². The van der Waals surface area contributed by atoms with Crippen LogP contribution in [-0.2, 0) is 6.54 Å². The topological polar surface area (TPSA) is 106 Å². The number of nitrogens with two attached hydrogens (primary N) is 2. The lowest BCUT2D eigenvalue weighted by atomic mass is 9.86. The average Bonchev–Trinajstić information content (AvgIpc) is 3.19. The van der Waals surface area contributed by atoms with E-state index in [1.54, 1.807) is 6.33 Å². The minimum absolute atomic E-state index is 0.391. The maximum atomic E-state index is 6.12. The van der Waals surface area contributed by atoms with Crippen molar-refractivity contribution in [3.05, 3.63) is 59.9 Å². The summed E-state index contributed by atoms with van der Waals surface area (Å²) in [6, 6.07) is 15.0. The quantitative estimate of drug-likeness (QED) is 0.271. The summed E-state index contributed by atoms with van der Waals surface area (Å²) in [5.41, 5.74) is 14.8. The number of rotatable bonds is 6. The van der Waals surface area contributed by atoms with Crippen LogP contribution in [-0.4, -0.2) is 22.0 Å². The van der Waals surface area contributed by atoms with Crippen LogP contribution in [0, 0.1) is 5.92 Å². The summed E-state index contributed by atoms with van der Waals surface area (Å²) < 4.78 is 0. The van der Waals surface area contributed by atoms with Gasteiger partial charge in [0.1, 0.15) is 17.7 Å². The maximum absolute atomic E-state index is 6.12. The lowest BCUT2D eigenvalue weighted by Gasteiger charge is -2.20. The Bertz CT molecular complexity index is 1130. The summed E-state index contributed by atoms with van der Waals surface area (Å²) in [4.78, 5) is 12.1. The molecule has 0 aliphatic heterocycles. The van der Waals surface area contributed by atoms with Crippen molar-refractivity contribution in [3.63, 3.8) is 0 Å². The molecule has 6 N–H and O–H groups in total. The van der Waals surface area contributed by atoms with E-state index in [1.165, 1.54) is 35.4 Å². The van der Waals surface area contributed by atoms with Crippen molar-refractivity contribution in [2.45, 2.75) is 59.9 Å². The summed E-state index contributed by atoms with van der Waals surface area (Å²) >= 11 is 0. The van der Waals surface area contributed by atoms with Crippen molar-refractivity contribution in [2.75, 3.05) is 18.1 Å². The molecule has 0 saturated carbocycles. The molecule has 0 aliphatic carbocycles. The van der Waals surface area contributed by atoms with Gasteiger partial charge in [-0.25, -0.2) is 9.97 Å². The molecule has 0 spiro atoms. The molecule has 1 atom stereocenters. The van der Waals surface area contributed by atoms with E-state index in [0.29, 0.717) is 17.7 Å². The number of benzene rings is 2. The standard InChI is InChI=1S/C23H27N5.C3H8.CH5N/c1-4-18(14(2)3)19-20-21(22(24)27-13-26-20)28-23(19)25-12-15-9-10-16-7-5-6-8-17(16)11-15;1-3-2;1-2/h5-11,13-14,18,25,28H,4,12H2,1-3H3,(H2,24,26,27);3H2,1-2H3;2H2,1H3. The van der Waals surface area contributed by atoms with Crippen LogP contribution in [0.1, 0.15) is 64.5 Å². The number of anilines is 2. The van der Waals surface area contributed by atoms with Gasteiger partial charge in [-0.05, 0) is 47.7 Å². The molecule has 4 rings (SSSR count). The van der Waals surface area contributed by atoms with E-state index in [2.05, 4.69) is 103 Å². The predicted molar refractivity (Wildman–Crippen MR) is 144 cm³/mol. The van der Waals surface area contributed by atoms with Crippen LogP contribution < -0.4 is 16.8 Å². The van der Waals surface area contributed by atoms with Crippen LogP contribution in [0.15, 0.2) is 48.8 Å². The normalized spacial score (nSPS) is 11.5. The first kappa shape index (κ1) is 26.1. The van der Waals surface area contributed by atoms with Crippen LogP contribution in [0.5, 0.6) is 0 Å². The summed E-state index contributed by atoms with van der Waals surface area (Å²) in [5, 5.41) is 6.11. The van der Waals surface area contributed by atoms with Crippen molar-refractivity contribution in [1.82, 2.24) is 15.0 Å². The number of nitrogens with zero attached hydrogens (tertiary/aromatic N) is 2. The highest BCUT2D eigenvalue weighted by molar-refractivity contribution is 5.92. The Morgan fingerprint density at radius 3 is 2.27 bits per heavy atom. The number of aromatic amines is 1. The van der Waals surface area contributed by atoms with Crippen LogP contribution in [0.4, 0.5) is 11.6 Å². The van der Waals surface area contributed by atoms with Crippen molar-refractivity contribution in [1.29, 1.82) is 0 Å². The Morgan fingerprint density at radius 1 is 0.970 bits per heavy atom. The Labute approximate surface area is 198 Å². The van der Waals surface area contributed by atoms with E-state index in [0.717, 1.165) is 29.8 Å². The highest BCUT2D eigenvalue weighted by Gasteiger charge is 2.24. The Morgan fingerprint density at radius 2 is 1.64 bits per heavy atom. The van der Waals surface area contributed by atoms with E-state index in [-0.39, 0.29) is 0 Å². The second kappa shape index (κ2) is 12.8. The lowest BCUT2D eigenvalue weighted by molar-refractivity contribution is 0.488. The number of fused-ring (bicyclic) bond motifs is 2. The summed E-state index contributed by atoms with van der Waals surface area (Å²) in [6.45, 7) is 11.7. The number of aromatic nitrogens is 3. The molecule has 0 bridgehead atoms. The molecule has 0 fully saturated rings. The van der Waals surface area contributed by atoms with Gasteiger partial charge in [0.25, 0.3) is 0 Å². The van der Waals surface area contributed by atoms with Gasteiger partial charge >= 0.3 is 0 Å². The van der Waals surface area contributed by atoms with Crippen molar-refractivity contribution in [3.8, 4) is 0 Å². The van der Waals surface area contributed by atoms with Crippen LogP contribution in [0.3, 0.4) is 0 Å². The molecule has 0 saturated heterocycles. The molecule has 0 amide bonds. The Balaban J connectivity index is 0.000000714. The Hall–Kier alpha value is -3.12. The van der Waals surface area contributed by atoms with E-state index >= 15 is 0 Å². The zero-order valence-corrected chi connectivity index (χ0v) is 20.9. The van der Waals surface area contributed by atoms with Crippen molar-refractivity contribution in [2.24, 2.45) is 11.7 Å². The third-order valence-electron chi connectivity index (χ3n) is 5.55. The van der Waals surface area contributed by atoms with Gasteiger partial charge in [0.15, 0.2) is 5.82 Å². The molecule has 0 radical (unpaired) electrons. The number of nitrogens with one attached hydrogen (secondary N) is 2. The molecular weight excluding hydrogens is 408 g/mol. The second-order valence-electron chi connectivity index (χ2n) is 8.40. The fourth-order valence-electron chi connectivity index (χ4n) is 4.09. The minimum atomic E-state index is 0.391. The van der Waals surface area contributed by atoms with Crippen LogP contribution in [0.25, 0.3) is 21.8 Å². The highest BCUT2D eigenvalue weighted by atomic mass is 15.0. The molecule has 1 unspecified atom stereocenters. The molecule has 6 nitrogen and oxygen atoms in total. The van der Waals surface area contributed by atoms with Gasteiger partial charge in [-0.2, -0.15) is 0 Å². The predicted octanol–water partition coefficient (Wildman–Crippen LogP) is 6.45. The van der Waals surface area contributed by atoms with Gasteiger partial charge in [-0.15, -0.1) is 0 Å².